The molecule has 0 aromatic heterocycles. The van der Waals surface area contributed by atoms with Gasteiger partial charge in [0.15, 0.2) is 0 Å². The van der Waals surface area contributed by atoms with Crippen LogP contribution in [0.3, 0.4) is 0 Å². The summed E-state index contributed by atoms with van der Waals surface area (Å²) >= 11 is 0. The summed E-state index contributed by atoms with van der Waals surface area (Å²) in [6.45, 7) is 19.7. The Morgan fingerprint density at radius 2 is 1.21 bits per heavy atom. The van der Waals surface area contributed by atoms with Crippen LogP contribution in [0, 0.1) is 20.8 Å². The minimum absolute atomic E-state index is 0.0956. The lowest BCUT2D eigenvalue weighted by atomic mass is 9.85. The van der Waals surface area contributed by atoms with E-state index in [4.69, 9.17) is 9.47 Å². The van der Waals surface area contributed by atoms with E-state index in [1.54, 1.807) is 0 Å². The monoisotopic (exact) mass is 663 g/mol. The number of allylic oxidation sites excluding steroid dienone is 6. The van der Waals surface area contributed by atoms with Gasteiger partial charge in [0.05, 0.1) is 0 Å². The molecule has 1 unspecified atom stereocenters. The van der Waals surface area contributed by atoms with E-state index < -0.39 is 0 Å². The lowest BCUT2D eigenvalue weighted by Gasteiger charge is -2.38. The van der Waals surface area contributed by atoms with E-state index in [1.807, 2.05) is 0 Å². The summed E-state index contributed by atoms with van der Waals surface area (Å²) in [6, 6.07) is 0. The highest BCUT2D eigenvalue weighted by Crippen LogP contribution is 2.45. The second-order valence-electron chi connectivity index (χ2n) is 15.5. The Morgan fingerprint density at radius 1 is 0.688 bits per heavy atom. The van der Waals surface area contributed by atoms with Crippen LogP contribution in [0.4, 0.5) is 0 Å². The van der Waals surface area contributed by atoms with Crippen LogP contribution < -0.4 is 9.47 Å². The van der Waals surface area contributed by atoms with Gasteiger partial charge < -0.3 is 9.47 Å². The number of fused-ring (bicyclic) bond motifs is 1. The first-order chi connectivity index (χ1) is 23.0. The summed E-state index contributed by atoms with van der Waals surface area (Å²) in [7, 11) is 0. The predicted molar refractivity (Wildman–Crippen MR) is 209 cm³/mol. The SMILES string of the molecule is CCCCCCCCCCCCCCCC(=O)Oc1c(C)c(C)c2c(c1C)CCC(C)(CC/C=C(\C)CC/C=C(\C)CCC=C(C)C)O2. The van der Waals surface area contributed by atoms with Crippen LogP contribution in [-0.4, -0.2) is 11.6 Å². The number of hydrogen-bond acceptors (Lipinski definition) is 3. The third kappa shape index (κ3) is 15.9. The number of ether oxygens (including phenoxy) is 2. The van der Waals surface area contributed by atoms with E-state index in [1.165, 1.54) is 92.9 Å². The number of esters is 1. The normalized spacial score (nSPS) is 16.4. The average molecular weight is 663 g/mol. The second kappa shape index (κ2) is 23.2. The zero-order valence-electron chi connectivity index (χ0n) is 33.0. The summed E-state index contributed by atoms with van der Waals surface area (Å²) in [5, 5.41) is 0. The molecule has 272 valence electrons. The van der Waals surface area contributed by atoms with E-state index in [9.17, 15) is 4.79 Å². The molecule has 3 nitrogen and oxygen atoms in total. The Labute approximate surface area is 297 Å². The maximum atomic E-state index is 12.9. The Kier molecular flexibility index (Phi) is 20.2. The quantitative estimate of drug-likeness (QED) is 0.0478. The summed E-state index contributed by atoms with van der Waals surface area (Å²) in [6.07, 6.45) is 33.2. The smallest absolute Gasteiger partial charge is 0.311 e. The molecule has 0 saturated carbocycles. The first kappa shape index (κ1) is 41.9. The molecule has 0 bridgehead atoms. The van der Waals surface area contributed by atoms with Crippen molar-refractivity contribution in [2.24, 2.45) is 0 Å². The number of hydrogen-bond donors (Lipinski definition) is 0. The number of benzene rings is 1. The Balaban J connectivity index is 1.77. The van der Waals surface area contributed by atoms with Gasteiger partial charge in [0.1, 0.15) is 17.1 Å². The van der Waals surface area contributed by atoms with Crippen molar-refractivity contribution in [2.75, 3.05) is 0 Å². The van der Waals surface area contributed by atoms with E-state index in [2.05, 4.69) is 80.5 Å². The Bertz CT molecular complexity index is 1200. The van der Waals surface area contributed by atoms with Crippen LogP contribution in [0.25, 0.3) is 0 Å². The van der Waals surface area contributed by atoms with Gasteiger partial charge in [-0.05, 0) is 130 Å². The maximum Gasteiger partial charge on any atom is 0.311 e. The van der Waals surface area contributed by atoms with Crippen molar-refractivity contribution in [1.82, 2.24) is 0 Å². The fourth-order valence-corrected chi connectivity index (χ4v) is 7.03. The topological polar surface area (TPSA) is 35.5 Å². The van der Waals surface area contributed by atoms with Gasteiger partial charge in [-0.1, -0.05) is 119 Å². The zero-order valence-corrected chi connectivity index (χ0v) is 33.0. The molecular formula is C45H74O3. The molecule has 3 heteroatoms. The summed E-state index contributed by atoms with van der Waals surface area (Å²) in [5.41, 5.74) is 8.64. The fraction of sp³-hybridized carbons (Fsp3) is 0.711. The molecule has 48 heavy (non-hydrogen) atoms. The molecule has 0 fully saturated rings. The van der Waals surface area contributed by atoms with Gasteiger partial charge in [0.25, 0.3) is 0 Å². The van der Waals surface area contributed by atoms with Crippen LogP contribution in [0.2, 0.25) is 0 Å². The third-order valence-corrected chi connectivity index (χ3v) is 10.6. The minimum atomic E-state index is -0.179. The molecule has 0 saturated heterocycles. The lowest BCUT2D eigenvalue weighted by molar-refractivity contribution is -0.134. The van der Waals surface area contributed by atoms with Crippen LogP contribution in [0.1, 0.15) is 199 Å². The molecule has 1 aromatic carbocycles. The van der Waals surface area contributed by atoms with Gasteiger partial charge in [0, 0.05) is 12.0 Å². The van der Waals surface area contributed by atoms with E-state index in [0.29, 0.717) is 6.42 Å². The first-order valence-corrected chi connectivity index (χ1v) is 19.9. The second-order valence-corrected chi connectivity index (χ2v) is 15.5. The first-order valence-electron chi connectivity index (χ1n) is 19.9. The molecule has 2 rings (SSSR count). The number of rotatable bonds is 24. The summed E-state index contributed by atoms with van der Waals surface area (Å²) in [5.74, 6) is 1.68. The molecule has 1 aliphatic rings. The molecule has 1 atom stereocenters. The fourth-order valence-electron chi connectivity index (χ4n) is 7.03. The van der Waals surface area contributed by atoms with Crippen molar-refractivity contribution in [3.8, 4) is 11.5 Å². The number of carbonyl (C=O) groups is 1. The van der Waals surface area contributed by atoms with Gasteiger partial charge >= 0.3 is 5.97 Å². The average Bonchev–Trinajstić information content (AvgIpc) is 3.04. The van der Waals surface area contributed by atoms with Crippen molar-refractivity contribution < 1.29 is 14.3 Å². The van der Waals surface area contributed by atoms with Crippen LogP contribution in [0.5, 0.6) is 11.5 Å². The van der Waals surface area contributed by atoms with Crippen molar-refractivity contribution >= 4 is 5.97 Å². The number of unbranched alkanes of at least 4 members (excludes halogenated alkanes) is 12. The highest BCUT2D eigenvalue weighted by molar-refractivity contribution is 5.74. The predicted octanol–water partition coefficient (Wildman–Crippen LogP) is 14.3. The van der Waals surface area contributed by atoms with Gasteiger partial charge in [0.2, 0.25) is 0 Å². The van der Waals surface area contributed by atoms with Crippen molar-refractivity contribution in [3.63, 3.8) is 0 Å². The molecule has 1 aliphatic heterocycles. The van der Waals surface area contributed by atoms with Gasteiger partial charge in [-0.25, -0.2) is 0 Å². The van der Waals surface area contributed by atoms with E-state index >= 15 is 0 Å². The highest BCUT2D eigenvalue weighted by Gasteiger charge is 2.34. The van der Waals surface area contributed by atoms with Crippen molar-refractivity contribution in [1.29, 1.82) is 0 Å². The molecule has 0 radical (unpaired) electrons. The minimum Gasteiger partial charge on any atom is -0.487 e. The molecule has 0 N–H and O–H groups in total. The Morgan fingerprint density at radius 3 is 1.77 bits per heavy atom. The molecule has 0 spiro atoms. The molecular weight excluding hydrogens is 588 g/mol. The standard InChI is InChI=1S/C45H74O3/c1-10-11-12-13-14-15-16-17-18-19-20-21-22-31-42(46)47-43-38(6)39(7)44-41(40(43)8)32-34-45(9,48-44)33-25-30-37(5)29-24-28-36(4)27-23-26-35(2)3/h26,28,30H,10-25,27,29,31-34H2,1-9H3/b36-28+,37-30+. The largest absolute Gasteiger partial charge is 0.487 e. The zero-order chi connectivity index (χ0) is 35.4. The lowest BCUT2D eigenvalue weighted by Crippen LogP contribution is -2.37. The van der Waals surface area contributed by atoms with Gasteiger partial charge in [-0.3, -0.25) is 4.79 Å². The van der Waals surface area contributed by atoms with Gasteiger partial charge in [-0.15, -0.1) is 0 Å². The molecule has 0 aliphatic carbocycles. The van der Waals surface area contributed by atoms with Crippen LogP contribution in [0.15, 0.2) is 34.9 Å². The van der Waals surface area contributed by atoms with E-state index in [-0.39, 0.29) is 11.6 Å². The van der Waals surface area contributed by atoms with Crippen molar-refractivity contribution in [2.45, 2.75) is 209 Å². The van der Waals surface area contributed by atoms with Crippen LogP contribution >= 0.6 is 0 Å². The molecule has 1 heterocycles. The Hall–Kier alpha value is -2.29. The van der Waals surface area contributed by atoms with Gasteiger partial charge in [-0.2, -0.15) is 0 Å². The van der Waals surface area contributed by atoms with E-state index in [0.717, 1.165) is 92.4 Å². The number of carbonyl (C=O) groups excluding carboxylic acids is 1. The maximum absolute atomic E-state index is 12.9. The highest BCUT2D eigenvalue weighted by atomic mass is 16.5. The van der Waals surface area contributed by atoms with Crippen LogP contribution in [-0.2, 0) is 11.2 Å². The molecule has 1 aromatic rings. The third-order valence-electron chi connectivity index (χ3n) is 10.6. The summed E-state index contributed by atoms with van der Waals surface area (Å²) < 4.78 is 12.8. The summed E-state index contributed by atoms with van der Waals surface area (Å²) in [4.78, 5) is 12.9. The molecule has 0 amide bonds. The van der Waals surface area contributed by atoms with Crippen molar-refractivity contribution in [3.05, 3.63) is 57.2 Å².